The number of para-hydroxylation sites is 1. The second-order valence-electron chi connectivity index (χ2n) is 14.8. The lowest BCUT2D eigenvalue weighted by molar-refractivity contribution is -0.0914. The number of nitrogen functional groups attached to an aromatic ring is 1. The summed E-state index contributed by atoms with van der Waals surface area (Å²) in [6.45, 7) is 5.95. The number of carbonyl (C=O) groups excluding carboxylic acids is 2. The predicted molar refractivity (Wildman–Crippen MR) is 227 cm³/mol. The minimum absolute atomic E-state index is 0.0255. The van der Waals surface area contributed by atoms with Crippen LogP contribution in [0.3, 0.4) is 0 Å². The molecule has 0 spiro atoms. The third-order valence-electron chi connectivity index (χ3n) is 10.4. The van der Waals surface area contributed by atoms with Crippen molar-refractivity contribution in [3.8, 4) is 28.5 Å². The van der Waals surface area contributed by atoms with Gasteiger partial charge in [0.05, 0.1) is 41.9 Å². The highest BCUT2D eigenvalue weighted by molar-refractivity contribution is 6.02. The van der Waals surface area contributed by atoms with Crippen molar-refractivity contribution in [2.24, 2.45) is 0 Å². The summed E-state index contributed by atoms with van der Waals surface area (Å²) in [7, 11) is 0. The third-order valence-corrected chi connectivity index (χ3v) is 10.4. The number of benzene rings is 3. The van der Waals surface area contributed by atoms with Crippen LogP contribution >= 0.6 is 0 Å². The number of nitrogens with one attached hydrogen (secondary N) is 4. The summed E-state index contributed by atoms with van der Waals surface area (Å²) in [5, 5.41) is 39.2. The fraction of sp³-hybridized carbons (Fsp3) is 0.381. The molecular formula is C42H49N11O9. The van der Waals surface area contributed by atoms with Gasteiger partial charge in [-0.2, -0.15) is 15.2 Å². The number of aliphatic hydroxyl groups is 2. The molecule has 4 atom stereocenters. The van der Waals surface area contributed by atoms with Crippen molar-refractivity contribution in [3.63, 3.8) is 0 Å². The highest BCUT2D eigenvalue weighted by Gasteiger charge is 2.30. The van der Waals surface area contributed by atoms with E-state index in [4.69, 9.17) is 24.7 Å². The van der Waals surface area contributed by atoms with E-state index < -0.39 is 42.2 Å². The van der Waals surface area contributed by atoms with Crippen LogP contribution in [0.4, 0.5) is 22.2 Å². The number of fused-ring (bicyclic) bond motifs is 2. The first-order valence-electron chi connectivity index (χ1n) is 20.4. The molecule has 0 amide bonds. The first-order valence-corrected chi connectivity index (χ1v) is 20.4. The van der Waals surface area contributed by atoms with Gasteiger partial charge in [-0.3, -0.25) is 14.3 Å². The van der Waals surface area contributed by atoms with Crippen molar-refractivity contribution in [2.45, 2.75) is 90.1 Å². The fourth-order valence-electron chi connectivity index (χ4n) is 7.35. The summed E-state index contributed by atoms with van der Waals surface area (Å²) in [4.78, 5) is 48.2. The second-order valence-corrected chi connectivity index (χ2v) is 14.8. The highest BCUT2D eigenvalue weighted by atomic mass is 16.8. The Balaban J connectivity index is 0.000000284. The van der Waals surface area contributed by atoms with Gasteiger partial charge < -0.3 is 45.5 Å². The van der Waals surface area contributed by atoms with Crippen LogP contribution in [-0.4, -0.2) is 106 Å². The Labute approximate surface area is 355 Å². The Kier molecular flexibility index (Phi) is 13.6. The van der Waals surface area contributed by atoms with E-state index in [0.29, 0.717) is 48.4 Å². The Morgan fingerprint density at radius 1 is 0.952 bits per heavy atom. The number of rotatable bonds is 12. The van der Waals surface area contributed by atoms with Crippen LogP contribution in [0.15, 0.2) is 71.5 Å². The molecule has 6 aromatic rings. The number of ether oxygens (including phenoxy) is 4. The molecule has 1 saturated carbocycles. The first kappa shape index (κ1) is 43.0. The zero-order chi connectivity index (χ0) is 43.8. The normalized spacial score (nSPS) is 16.3. The van der Waals surface area contributed by atoms with Gasteiger partial charge in [0.25, 0.3) is 11.6 Å². The van der Waals surface area contributed by atoms with Gasteiger partial charge in [-0.25, -0.2) is 9.59 Å². The molecule has 0 radical (unpaired) electrons. The number of aliphatic hydroxyl groups excluding tert-OH is 2. The van der Waals surface area contributed by atoms with Crippen molar-refractivity contribution in [1.82, 2.24) is 40.1 Å². The number of hydrogen-bond acceptors (Lipinski definition) is 17. The Morgan fingerprint density at radius 2 is 1.71 bits per heavy atom. The monoisotopic (exact) mass is 851 g/mol. The molecule has 4 unspecified atom stereocenters. The molecule has 20 nitrogen and oxygen atoms in total. The van der Waals surface area contributed by atoms with E-state index >= 15 is 0 Å². The molecule has 0 saturated heterocycles. The molecule has 8 rings (SSSR count). The number of carbonyl (C=O) groups is 2. The van der Waals surface area contributed by atoms with Gasteiger partial charge in [0.2, 0.25) is 18.1 Å². The van der Waals surface area contributed by atoms with Gasteiger partial charge in [0.15, 0.2) is 5.82 Å². The van der Waals surface area contributed by atoms with E-state index in [0.717, 1.165) is 54.4 Å². The average Bonchev–Trinajstić information content (AvgIpc) is 3.93. The molecule has 2 aliphatic rings. The number of esters is 1. The van der Waals surface area contributed by atoms with Crippen LogP contribution in [0.1, 0.15) is 68.8 Å². The Morgan fingerprint density at radius 3 is 2.42 bits per heavy atom. The summed E-state index contributed by atoms with van der Waals surface area (Å²) in [5.74, 6) is 0.232. The van der Waals surface area contributed by atoms with Crippen molar-refractivity contribution < 1.29 is 38.7 Å². The molecule has 1 fully saturated rings. The number of nitrogens with two attached hydrogens (primary N) is 1. The van der Waals surface area contributed by atoms with Crippen LogP contribution < -0.4 is 26.7 Å². The van der Waals surface area contributed by atoms with Gasteiger partial charge in [-0.1, -0.05) is 61.0 Å². The smallest absolute Gasteiger partial charge is 0.465 e. The molecule has 4 heterocycles. The third kappa shape index (κ3) is 10.1. The van der Waals surface area contributed by atoms with E-state index in [-0.39, 0.29) is 23.3 Å². The summed E-state index contributed by atoms with van der Waals surface area (Å²) in [6.07, 6.45) is 0.780. The predicted octanol–water partition coefficient (Wildman–Crippen LogP) is 4.62. The first-order chi connectivity index (χ1) is 30.0. The van der Waals surface area contributed by atoms with Crippen molar-refractivity contribution in [1.29, 1.82) is 0 Å². The van der Waals surface area contributed by atoms with Crippen LogP contribution in [0.2, 0.25) is 0 Å². The molecule has 326 valence electrons. The molecule has 0 bridgehead atoms. The molecule has 62 heavy (non-hydrogen) atoms. The number of imidazole rings is 1. The van der Waals surface area contributed by atoms with Gasteiger partial charge in [-0.15, -0.1) is 10.2 Å². The quantitative estimate of drug-likeness (QED) is 0.0653. The van der Waals surface area contributed by atoms with Crippen LogP contribution in [0.5, 0.6) is 6.01 Å². The molecule has 8 N–H and O–H groups in total. The zero-order valence-corrected chi connectivity index (χ0v) is 34.4. The molecule has 3 aromatic carbocycles. The van der Waals surface area contributed by atoms with Gasteiger partial charge in [-0.05, 0) is 73.6 Å². The van der Waals surface area contributed by atoms with E-state index in [9.17, 15) is 24.6 Å². The molecule has 1 aliphatic carbocycles. The minimum Gasteiger partial charge on any atom is -0.465 e. The zero-order valence-electron chi connectivity index (χ0n) is 34.4. The summed E-state index contributed by atoms with van der Waals surface area (Å²) >= 11 is 0. The lowest BCUT2D eigenvalue weighted by atomic mass is 9.98. The largest absolute Gasteiger partial charge is 0.511 e. The lowest BCUT2D eigenvalue weighted by Gasteiger charge is -2.31. The maximum absolute atomic E-state index is 13.4. The summed E-state index contributed by atoms with van der Waals surface area (Å²) < 4.78 is 23.9. The molecule has 3 aromatic heterocycles. The number of nitrogens with zero attached hydrogens (tertiary/aromatic N) is 6. The van der Waals surface area contributed by atoms with Crippen LogP contribution in [0, 0.1) is 0 Å². The lowest BCUT2D eigenvalue weighted by Crippen LogP contribution is -2.48. The SMILES string of the molecule is CC(O)C(O)C1CNc2nc(N)[nH]c(=O)c2N1.CCOc1nc2cccc(C(=O)OC(C)OC(=O)OC3CCCCC3)c2n1Cc1ccc(-c2ccccc2-c2nn[nH]n2)cc1. The summed E-state index contributed by atoms with van der Waals surface area (Å²) in [6, 6.07) is 21.0. The summed E-state index contributed by atoms with van der Waals surface area (Å²) in [5.41, 5.74) is 10.4. The van der Waals surface area contributed by atoms with Gasteiger partial charge in [0, 0.05) is 19.0 Å². The number of tetrazole rings is 1. The van der Waals surface area contributed by atoms with E-state index in [2.05, 4.69) is 46.2 Å². The number of anilines is 3. The highest BCUT2D eigenvalue weighted by Crippen LogP contribution is 2.32. The number of aromatic amines is 2. The van der Waals surface area contributed by atoms with E-state index in [1.807, 2.05) is 66.1 Å². The molecule has 1 aliphatic heterocycles. The molecule has 20 heteroatoms. The Hall–Kier alpha value is -7.06. The van der Waals surface area contributed by atoms with E-state index in [1.54, 1.807) is 12.1 Å². The van der Waals surface area contributed by atoms with Crippen molar-refractivity contribution in [2.75, 3.05) is 29.5 Å². The standard InChI is InChI=1S/C33H34N6O6.C9H15N5O3/c1-3-42-32-34-28-15-9-14-27(31(40)43-21(2)44-33(41)45-24-10-5-4-6-11-24)29(28)39(32)20-22-16-18-23(19-17-22)25-12-7-8-13-26(25)30-35-37-38-36-30;1-3(15)6(16)4-2-11-7-5(12-4)8(17)14-9(10)13-7/h7-9,12-19,21,24H,3-6,10-11,20H2,1-2H3,(H,35,36,37,38);3-4,6,12,15-16H,2H2,1H3,(H4,10,11,13,14,17). The maximum Gasteiger partial charge on any atom is 0.511 e. The van der Waals surface area contributed by atoms with Crippen molar-refractivity contribution in [3.05, 3.63) is 88.2 Å². The van der Waals surface area contributed by atoms with Gasteiger partial charge >= 0.3 is 12.1 Å². The van der Waals surface area contributed by atoms with Crippen LogP contribution in [0.25, 0.3) is 33.5 Å². The number of aromatic nitrogens is 8. The second kappa shape index (κ2) is 19.5. The fourth-order valence-corrected chi connectivity index (χ4v) is 7.35. The topological polar surface area (TPSA) is 280 Å². The maximum atomic E-state index is 13.4. The average molecular weight is 852 g/mol. The molecular weight excluding hydrogens is 803 g/mol. The Bertz CT molecular complexity index is 2520. The minimum atomic E-state index is -1.14. The number of hydrogen-bond donors (Lipinski definition) is 7. The number of H-pyrrole nitrogens is 2. The van der Waals surface area contributed by atoms with Gasteiger partial charge in [0.1, 0.15) is 17.9 Å². The van der Waals surface area contributed by atoms with Crippen LogP contribution in [-0.2, 0) is 20.8 Å². The van der Waals surface area contributed by atoms with E-state index in [1.165, 1.54) is 13.8 Å². The van der Waals surface area contributed by atoms with Crippen molar-refractivity contribution >= 4 is 40.6 Å².